The molecular weight excluding hydrogens is 396 g/mol. The first-order chi connectivity index (χ1) is 14.8. The van der Waals surface area contributed by atoms with E-state index in [9.17, 15) is 0 Å². The van der Waals surface area contributed by atoms with E-state index in [1.807, 2.05) is 19.3 Å². The second kappa shape index (κ2) is 10.9. The van der Waals surface area contributed by atoms with E-state index in [2.05, 4.69) is 31.7 Å². The number of aromatic amines is 1. The maximum atomic E-state index is 5.50. The van der Waals surface area contributed by atoms with Crippen molar-refractivity contribution in [1.29, 1.82) is 0 Å². The van der Waals surface area contributed by atoms with Gasteiger partial charge in [-0.3, -0.25) is 0 Å². The Morgan fingerprint density at radius 1 is 1.17 bits per heavy atom. The number of hydrogen-bond acceptors (Lipinski definition) is 6. The van der Waals surface area contributed by atoms with Gasteiger partial charge in [0.2, 0.25) is 0 Å². The molecule has 4 heterocycles. The molecular formula is C23H32N4O2S. The van der Waals surface area contributed by atoms with Gasteiger partial charge in [-0.1, -0.05) is 30.6 Å². The topological polar surface area (TPSA) is 72.1 Å². The van der Waals surface area contributed by atoms with E-state index in [1.54, 1.807) is 11.3 Å². The summed E-state index contributed by atoms with van der Waals surface area (Å²) in [6.07, 6.45) is 11.9. The van der Waals surface area contributed by atoms with Gasteiger partial charge < -0.3 is 19.8 Å². The molecule has 0 aromatic carbocycles. The number of thiazole rings is 1. The lowest BCUT2D eigenvalue weighted by Crippen LogP contribution is -2.15. The van der Waals surface area contributed by atoms with Gasteiger partial charge in [0.1, 0.15) is 5.65 Å². The number of aromatic nitrogens is 3. The predicted octanol–water partition coefficient (Wildman–Crippen LogP) is 5.13. The van der Waals surface area contributed by atoms with Crippen LogP contribution in [0.25, 0.3) is 22.3 Å². The van der Waals surface area contributed by atoms with Gasteiger partial charge in [0.25, 0.3) is 5.19 Å². The molecule has 0 amide bonds. The Balaban J connectivity index is 0.000000265. The number of ether oxygens (including phenoxy) is 2. The molecule has 5 rings (SSSR count). The highest BCUT2D eigenvalue weighted by Gasteiger charge is 2.18. The van der Waals surface area contributed by atoms with E-state index in [4.69, 9.17) is 9.47 Å². The summed E-state index contributed by atoms with van der Waals surface area (Å²) in [7, 11) is 0. The number of H-pyrrole nitrogens is 1. The molecule has 2 aliphatic rings. The predicted molar refractivity (Wildman–Crippen MR) is 123 cm³/mol. The Hall–Kier alpha value is -1.96. The van der Waals surface area contributed by atoms with Crippen molar-refractivity contribution in [1.82, 2.24) is 20.3 Å². The third-order valence-electron chi connectivity index (χ3n) is 5.72. The summed E-state index contributed by atoms with van der Waals surface area (Å²) in [5.41, 5.74) is 4.39. The van der Waals surface area contributed by atoms with Crippen molar-refractivity contribution in [3.8, 4) is 16.5 Å². The maximum absolute atomic E-state index is 5.50. The molecule has 2 fully saturated rings. The third kappa shape index (κ3) is 5.39. The Kier molecular flexibility index (Phi) is 7.72. The Morgan fingerprint density at radius 2 is 2.07 bits per heavy atom. The molecule has 3 aromatic heterocycles. The van der Waals surface area contributed by atoms with Crippen molar-refractivity contribution in [3.05, 3.63) is 29.4 Å². The molecule has 2 N–H and O–H groups in total. The summed E-state index contributed by atoms with van der Waals surface area (Å²) < 4.78 is 10.6. The first kappa shape index (κ1) is 21.3. The molecule has 162 valence electrons. The minimum atomic E-state index is 0.647. The smallest absolute Gasteiger partial charge is 0.273 e. The SMILES string of the molecule is C1CNCCOC1.CCOc1nc(-c2c[nH]c3ncc(C4CCCCC4)cc23)cs1. The van der Waals surface area contributed by atoms with Crippen molar-refractivity contribution in [2.24, 2.45) is 0 Å². The monoisotopic (exact) mass is 428 g/mol. The average Bonchev–Trinajstić information content (AvgIpc) is 3.31. The number of rotatable bonds is 4. The minimum absolute atomic E-state index is 0.647. The molecule has 30 heavy (non-hydrogen) atoms. The summed E-state index contributed by atoms with van der Waals surface area (Å²) in [6.45, 7) is 6.61. The molecule has 6 nitrogen and oxygen atoms in total. The van der Waals surface area contributed by atoms with E-state index in [0.29, 0.717) is 12.5 Å². The summed E-state index contributed by atoms with van der Waals surface area (Å²) in [6, 6.07) is 2.31. The van der Waals surface area contributed by atoms with Crippen LogP contribution < -0.4 is 10.1 Å². The number of nitrogens with one attached hydrogen (secondary N) is 2. The molecule has 0 atom stereocenters. The molecule has 1 aliphatic carbocycles. The Bertz CT molecular complexity index is 897. The van der Waals surface area contributed by atoms with Crippen molar-refractivity contribution in [2.45, 2.75) is 51.4 Å². The fraction of sp³-hybridized carbons (Fsp3) is 0.565. The Morgan fingerprint density at radius 3 is 2.93 bits per heavy atom. The highest BCUT2D eigenvalue weighted by atomic mass is 32.1. The van der Waals surface area contributed by atoms with E-state index < -0.39 is 0 Å². The Labute approximate surface area is 182 Å². The number of nitrogens with zero attached hydrogens (tertiary/aromatic N) is 2. The van der Waals surface area contributed by atoms with E-state index >= 15 is 0 Å². The van der Waals surface area contributed by atoms with Crippen molar-refractivity contribution in [3.63, 3.8) is 0 Å². The maximum Gasteiger partial charge on any atom is 0.273 e. The summed E-state index contributed by atoms with van der Waals surface area (Å²) >= 11 is 1.55. The van der Waals surface area contributed by atoms with Gasteiger partial charge in [-0.2, -0.15) is 0 Å². The highest BCUT2D eigenvalue weighted by Crippen LogP contribution is 2.36. The van der Waals surface area contributed by atoms with Crippen LogP contribution >= 0.6 is 11.3 Å². The van der Waals surface area contributed by atoms with Crippen LogP contribution in [0.3, 0.4) is 0 Å². The molecule has 0 radical (unpaired) electrons. The lowest BCUT2D eigenvalue weighted by molar-refractivity contribution is 0.151. The highest BCUT2D eigenvalue weighted by molar-refractivity contribution is 7.11. The van der Waals surface area contributed by atoms with Crippen molar-refractivity contribution < 1.29 is 9.47 Å². The molecule has 0 bridgehead atoms. The van der Waals surface area contributed by atoms with Gasteiger partial charge >= 0.3 is 0 Å². The second-order valence-electron chi connectivity index (χ2n) is 7.85. The fourth-order valence-electron chi connectivity index (χ4n) is 4.13. The zero-order chi connectivity index (χ0) is 20.6. The van der Waals surface area contributed by atoms with Crippen LogP contribution in [0.4, 0.5) is 0 Å². The minimum Gasteiger partial charge on any atom is -0.470 e. The zero-order valence-electron chi connectivity index (χ0n) is 17.8. The van der Waals surface area contributed by atoms with Gasteiger partial charge in [0.05, 0.1) is 18.9 Å². The summed E-state index contributed by atoms with van der Waals surface area (Å²) in [5.74, 6) is 0.665. The van der Waals surface area contributed by atoms with Crippen molar-refractivity contribution >= 4 is 22.4 Å². The lowest BCUT2D eigenvalue weighted by Gasteiger charge is -2.21. The first-order valence-electron chi connectivity index (χ1n) is 11.2. The molecule has 1 saturated carbocycles. The standard InChI is InChI=1S/C18H21N3OS.C5H11NO/c1-2-22-18-21-16(11-23-18)15-10-20-17-14(15)8-13(9-19-17)12-6-4-3-5-7-12;1-2-6-3-5-7-4-1/h8-12H,2-7H2,1H3,(H,19,20);6H,1-5H2. The van der Waals surface area contributed by atoms with Crippen LogP contribution in [0, 0.1) is 0 Å². The van der Waals surface area contributed by atoms with Gasteiger partial charge in [-0.05, 0) is 50.3 Å². The van der Waals surface area contributed by atoms with Crippen LogP contribution in [-0.2, 0) is 4.74 Å². The van der Waals surface area contributed by atoms with Gasteiger partial charge in [0.15, 0.2) is 0 Å². The zero-order valence-corrected chi connectivity index (χ0v) is 18.6. The molecule has 1 aliphatic heterocycles. The second-order valence-corrected chi connectivity index (χ2v) is 8.67. The van der Waals surface area contributed by atoms with Gasteiger partial charge in [-0.25, -0.2) is 9.97 Å². The molecule has 3 aromatic rings. The fourth-order valence-corrected chi connectivity index (χ4v) is 4.86. The van der Waals surface area contributed by atoms with Gasteiger partial charge in [-0.15, -0.1) is 0 Å². The average molecular weight is 429 g/mol. The molecule has 0 spiro atoms. The lowest BCUT2D eigenvalue weighted by atomic mass is 9.84. The van der Waals surface area contributed by atoms with Crippen LogP contribution in [0.5, 0.6) is 5.19 Å². The summed E-state index contributed by atoms with van der Waals surface area (Å²) in [5, 5.41) is 7.18. The molecule has 7 heteroatoms. The van der Waals surface area contributed by atoms with E-state index in [0.717, 1.165) is 48.4 Å². The molecule has 0 unspecified atom stereocenters. The number of fused-ring (bicyclic) bond motifs is 1. The number of hydrogen-bond donors (Lipinski definition) is 2. The van der Waals surface area contributed by atoms with Crippen LogP contribution in [0.2, 0.25) is 0 Å². The van der Waals surface area contributed by atoms with Crippen LogP contribution in [-0.4, -0.2) is 47.9 Å². The van der Waals surface area contributed by atoms with Crippen LogP contribution in [0.15, 0.2) is 23.8 Å². The third-order valence-corrected chi connectivity index (χ3v) is 6.47. The normalized spacial score (nSPS) is 17.9. The summed E-state index contributed by atoms with van der Waals surface area (Å²) in [4.78, 5) is 12.5. The largest absolute Gasteiger partial charge is 0.470 e. The quantitative estimate of drug-likeness (QED) is 0.603. The van der Waals surface area contributed by atoms with E-state index in [-0.39, 0.29) is 0 Å². The van der Waals surface area contributed by atoms with E-state index in [1.165, 1.54) is 49.5 Å². The van der Waals surface area contributed by atoms with Crippen LogP contribution in [0.1, 0.15) is 56.9 Å². The number of pyridine rings is 1. The molecule has 1 saturated heterocycles. The first-order valence-corrected chi connectivity index (χ1v) is 12.1. The van der Waals surface area contributed by atoms with Gasteiger partial charge in [0, 0.05) is 41.9 Å². The van der Waals surface area contributed by atoms with Crippen molar-refractivity contribution in [2.75, 3.05) is 32.9 Å².